The molecule has 8 nitrogen and oxygen atoms in total. The predicted octanol–water partition coefficient (Wildman–Crippen LogP) is 5.88. The van der Waals surface area contributed by atoms with Crippen LogP contribution in [0.4, 0.5) is 0 Å². The van der Waals surface area contributed by atoms with Crippen molar-refractivity contribution in [1.29, 1.82) is 0 Å². The number of ether oxygens (including phenoxy) is 2. The van der Waals surface area contributed by atoms with Crippen molar-refractivity contribution in [3.63, 3.8) is 0 Å². The number of aryl methyl sites for hydroxylation is 1. The molecule has 0 aliphatic carbocycles. The largest absolute Gasteiger partial charge is 0.493 e. The summed E-state index contributed by atoms with van der Waals surface area (Å²) in [4.78, 5) is 12.8. The van der Waals surface area contributed by atoms with Crippen LogP contribution in [-0.4, -0.2) is 27.6 Å². The van der Waals surface area contributed by atoms with E-state index in [2.05, 4.69) is 26.5 Å². The third-order valence-corrected chi connectivity index (χ3v) is 7.26. The van der Waals surface area contributed by atoms with Gasteiger partial charge in [-0.2, -0.15) is 13.5 Å². The van der Waals surface area contributed by atoms with E-state index in [0.717, 1.165) is 11.1 Å². The average Bonchev–Trinajstić information content (AvgIpc) is 2.94. The Morgan fingerprint density at radius 1 is 0.923 bits per heavy atom. The molecule has 0 heterocycles. The lowest BCUT2D eigenvalue weighted by atomic mass is 10.2. The first-order chi connectivity index (χ1) is 18.7. The molecule has 0 aromatic heterocycles. The SMILES string of the molecule is COc1cc(C(=O)N/N=C/c2cc(Br)ccc2OS(=O)(=O)c2ccc(C)cc2)ccc1OCc1ccccc1. The van der Waals surface area contributed by atoms with Gasteiger partial charge >= 0.3 is 10.1 Å². The number of nitrogens with one attached hydrogen (secondary N) is 1. The molecule has 0 radical (unpaired) electrons. The fourth-order valence-electron chi connectivity index (χ4n) is 3.46. The minimum absolute atomic E-state index is 0.0253. The van der Waals surface area contributed by atoms with E-state index in [9.17, 15) is 13.2 Å². The summed E-state index contributed by atoms with van der Waals surface area (Å²) >= 11 is 3.36. The Balaban J connectivity index is 1.45. The van der Waals surface area contributed by atoms with Gasteiger partial charge in [-0.25, -0.2) is 5.43 Å². The molecule has 0 saturated carbocycles. The predicted molar refractivity (Wildman–Crippen MR) is 152 cm³/mol. The second-order valence-corrected chi connectivity index (χ2v) is 10.8. The molecule has 4 aromatic carbocycles. The molecule has 1 amide bonds. The highest BCUT2D eigenvalue weighted by Crippen LogP contribution is 2.29. The zero-order valence-corrected chi connectivity index (χ0v) is 23.5. The van der Waals surface area contributed by atoms with Crippen LogP contribution in [0.1, 0.15) is 27.0 Å². The van der Waals surface area contributed by atoms with Crippen molar-refractivity contribution in [3.05, 3.63) is 118 Å². The molecule has 0 aliphatic rings. The van der Waals surface area contributed by atoms with Crippen LogP contribution in [0.25, 0.3) is 0 Å². The maximum Gasteiger partial charge on any atom is 0.339 e. The lowest BCUT2D eigenvalue weighted by Crippen LogP contribution is -2.18. The molecule has 0 atom stereocenters. The Hall–Kier alpha value is -4.15. The molecular formula is C29H25BrN2O6S. The van der Waals surface area contributed by atoms with E-state index in [0.29, 0.717) is 33.7 Å². The Morgan fingerprint density at radius 2 is 1.64 bits per heavy atom. The van der Waals surface area contributed by atoms with Crippen LogP contribution in [0.15, 0.2) is 105 Å². The zero-order valence-electron chi connectivity index (χ0n) is 21.1. The van der Waals surface area contributed by atoms with Gasteiger partial charge in [0.15, 0.2) is 17.2 Å². The highest BCUT2D eigenvalue weighted by atomic mass is 79.9. The summed E-state index contributed by atoms with van der Waals surface area (Å²) < 4.78 is 42.8. The highest BCUT2D eigenvalue weighted by molar-refractivity contribution is 9.10. The molecule has 0 aliphatic heterocycles. The topological polar surface area (TPSA) is 103 Å². The van der Waals surface area contributed by atoms with E-state index in [1.54, 1.807) is 42.5 Å². The molecule has 0 spiro atoms. The zero-order chi connectivity index (χ0) is 27.8. The fourth-order valence-corrected chi connectivity index (χ4v) is 4.79. The monoisotopic (exact) mass is 608 g/mol. The fraction of sp³-hybridized carbons (Fsp3) is 0.103. The van der Waals surface area contributed by atoms with Crippen LogP contribution in [0.3, 0.4) is 0 Å². The average molecular weight is 609 g/mol. The number of rotatable bonds is 10. The van der Waals surface area contributed by atoms with Gasteiger partial charge in [0.05, 0.1) is 13.3 Å². The van der Waals surface area contributed by atoms with Crippen LogP contribution in [0.2, 0.25) is 0 Å². The van der Waals surface area contributed by atoms with Gasteiger partial charge in [0, 0.05) is 15.6 Å². The summed E-state index contributed by atoms with van der Waals surface area (Å²) in [6.07, 6.45) is 1.30. The first kappa shape index (κ1) is 27.9. The molecule has 4 aromatic rings. The minimum atomic E-state index is -4.07. The highest BCUT2D eigenvalue weighted by Gasteiger charge is 2.18. The number of carbonyl (C=O) groups excluding carboxylic acids is 1. The van der Waals surface area contributed by atoms with E-state index in [4.69, 9.17) is 13.7 Å². The third kappa shape index (κ3) is 7.46. The van der Waals surface area contributed by atoms with Gasteiger partial charge in [0.2, 0.25) is 0 Å². The number of halogens is 1. The molecule has 10 heteroatoms. The lowest BCUT2D eigenvalue weighted by molar-refractivity contribution is 0.0954. The first-order valence-corrected chi connectivity index (χ1v) is 13.9. The third-order valence-electron chi connectivity index (χ3n) is 5.51. The van der Waals surface area contributed by atoms with Gasteiger partial charge in [0.1, 0.15) is 11.5 Å². The Labute approximate surface area is 235 Å². The van der Waals surface area contributed by atoms with Crippen molar-refractivity contribution >= 4 is 38.2 Å². The van der Waals surface area contributed by atoms with Gasteiger partial charge in [-0.15, -0.1) is 0 Å². The number of hydrogen-bond acceptors (Lipinski definition) is 7. The standard InChI is InChI=1S/C29H25BrN2O6S/c1-20-8-12-25(13-9-20)39(34,35)38-26-15-11-24(30)16-23(26)18-31-32-29(33)22-10-14-27(28(17-22)36-2)37-19-21-6-4-3-5-7-21/h3-18H,19H2,1-2H3,(H,32,33)/b31-18+. The quantitative estimate of drug-likeness (QED) is 0.137. The number of benzene rings is 4. The summed E-state index contributed by atoms with van der Waals surface area (Å²) in [5.41, 5.74) is 4.99. The Bertz CT molecular complexity index is 1590. The number of nitrogens with zero attached hydrogens (tertiary/aromatic N) is 1. The van der Waals surface area contributed by atoms with Gasteiger partial charge in [-0.3, -0.25) is 4.79 Å². The smallest absolute Gasteiger partial charge is 0.339 e. The van der Waals surface area contributed by atoms with Gasteiger partial charge in [0.25, 0.3) is 5.91 Å². The van der Waals surface area contributed by atoms with E-state index in [1.165, 1.54) is 31.5 Å². The van der Waals surface area contributed by atoms with E-state index < -0.39 is 16.0 Å². The van der Waals surface area contributed by atoms with Crippen LogP contribution in [-0.2, 0) is 16.7 Å². The van der Waals surface area contributed by atoms with Crippen molar-refractivity contribution < 1.29 is 26.9 Å². The number of methoxy groups -OCH3 is 1. The summed E-state index contributed by atoms with van der Waals surface area (Å²) in [6.45, 7) is 2.21. The van der Waals surface area contributed by atoms with Gasteiger partial charge in [-0.05, 0) is 61.0 Å². The minimum Gasteiger partial charge on any atom is -0.493 e. The molecule has 39 heavy (non-hydrogen) atoms. The lowest BCUT2D eigenvalue weighted by Gasteiger charge is -2.12. The molecule has 0 fully saturated rings. The molecule has 1 N–H and O–H groups in total. The first-order valence-electron chi connectivity index (χ1n) is 11.7. The molecular weight excluding hydrogens is 584 g/mol. The second-order valence-electron chi connectivity index (χ2n) is 8.37. The van der Waals surface area contributed by atoms with Gasteiger partial charge < -0.3 is 13.7 Å². The molecule has 0 unspecified atom stereocenters. The summed E-state index contributed by atoms with van der Waals surface area (Å²) in [5, 5.41) is 4.00. The van der Waals surface area contributed by atoms with E-state index in [1.807, 2.05) is 37.3 Å². The molecule has 4 rings (SSSR count). The van der Waals surface area contributed by atoms with Crippen LogP contribution in [0.5, 0.6) is 17.2 Å². The summed E-state index contributed by atoms with van der Waals surface area (Å²) in [6, 6.07) is 25.6. The molecule has 200 valence electrons. The maximum absolute atomic E-state index is 12.8. The van der Waals surface area contributed by atoms with Crippen LogP contribution < -0.4 is 19.1 Å². The number of hydrazone groups is 1. The van der Waals surface area contributed by atoms with Crippen molar-refractivity contribution in [2.45, 2.75) is 18.4 Å². The van der Waals surface area contributed by atoms with Crippen molar-refractivity contribution in [2.75, 3.05) is 7.11 Å². The molecule has 0 saturated heterocycles. The number of amides is 1. The van der Waals surface area contributed by atoms with Crippen molar-refractivity contribution in [3.8, 4) is 17.2 Å². The van der Waals surface area contributed by atoms with E-state index in [-0.39, 0.29) is 10.6 Å². The molecule has 0 bridgehead atoms. The normalized spacial score (nSPS) is 11.3. The van der Waals surface area contributed by atoms with Crippen LogP contribution >= 0.6 is 15.9 Å². The van der Waals surface area contributed by atoms with Crippen molar-refractivity contribution in [1.82, 2.24) is 5.43 Å². The van der Waals surface area contributed by atoms with Crippen molar-refractivity contribution in [2.24, 2.45) is 5.10 Å². The second kappa shape index (κ2) is 12.6. The maximum atomic E-state index is 12.8. The van der Waals surface area contributed by atoms with E-state index >= 15 is 0 Å². The van der Waals surface area contributed by atoms with Gasteiger partial charge in [-0.1, -0.05) is 64.0 Å². The Morgan fingerprint density at radius 3 is 2.36 bits per heavy atom. The number of carbonyl (C=O) groups is 1. The summed E-state index contributed by atoms with van der Waals surface area (Å²) in [5.74, 6) is 0.445. The van der Waals surface area contributed by atoms with Crippen LogP contribution in [0, 0.1) is 6.92 Å². The Kier molecular flexibility index (Phi) is 9.00. The number of hydrogen-bond donors (Lipinski definition) is 1. The summed E-state index contributed by atoms with van der Waals surface area (Å²) in [7, 11) is -2.58.